The van der Waals surface area contributed by atoms with Crippen LogP contribution >= 0.6 is 0 Å². The van der Waals surface area contributed by atoms with Gasteiger partial charge in [-0.2, -0.15) is 4.80 Å². The van der Waals surface area contributed by atoms with Gasteiger partial charge in [-0.05, 0) is 164 Å². The maximum Gasteiger partial charge on any atom is 0.115 e. The number of benzene rings is 11. The van der Waals surface area contributed by atoms with Gasteiger partial charge in [-0.15, -0.1) is 10.2 Å². The lowest BCUT2D eigenvalue weighted by atomic mass is 9.69. The van der Waals surface area contributed by atoms with Crippen molar-refractivity contribution in [3.63, 3.8) is 0 Å². The van der Waals surface area contributed by atoms with E-state index in [4.69, 9.17) is 10.2 Å². The third-order valence-corrected chi connectivity index (χ3v) is 17.4. The molecule has 16 rings (SSSR count). The van der Waals surface area contributed by atoms with Crippen molar-refractivity contribution < 1.29 is 0 Å². The molecule has 1 aromatic heterocycles. The van der Waals surface area contributed by atoms with Crippen molar-refractivity contribution in [2.75, 3.05) is 9.80 Å². The molecule has 0 unspecified atom stereocenters. The minimum absolute atomic E-state index is 0.525. The van der Waals surface area contributed by atoms with E-state index < -0.39 is 10.8 Å². The zero-order valence-electron chi connectivity index (χ0n) is 44.0. The van der Waals surface area contributed by atoms with Crippen molar-refractivity contribution >= 4 is 50.7 Å². The average Bonchev–Trinajstić information content (AvgIpc) is 3.83. The van der Waals surface area contributed by atoms with Crippen LogP contribution in [0, 0.1) is 0 Å². The summed E-state index contributed by atoms with van der Waals surface area (Å²) in [6.07, 6.45) is 6.63. The standard InChI is InChI=1S/C75H51N5/c1-3-23-60-54(4-2)72-66(74(60)61-33-16-11-28-55(61)56-29-12-17-34-62(56)74)38-21-40-70(72)79(71-41-22-39-67-73(71)59-32-15-20-37-65(59)75(67)63-35-18-13-30-57(63)58-31-14-19-36-64(58)75)51-42-44-52(45-43-51)80-76-68-47-46-53(48-69(68)77-80)78(49-24-7-5-8-25-49)50-26-9-6-10-27-50/h3-48H,2H2,1H3/b23-3-. The van der Waals surface area contributed by atoms with Crippen molar-refractivity contribution in [1.82, 2.24) is 15.0 Å². The molecule has 0 radical (unpaired) electrons. The highest BCUT2D eigenvalue weighted by atomic mass is 15.5. The molecule has 11 aromatic carbocycles. The third kappa shape index (κ3) is 6.17. The van der Waals surface area contributed by atoms with Crippen LogP contribution in [0.4, 0.5) is 34.1 Å². The van der Waals surface area contributed by atoms with Crippen LogP contribution in [-0.2, 0) is 10.8 Å². The molecular weight excluding hydrogens is 971 g/mol. The molecule has 5 nitrogen and oxygen atoms in total. The Balaban J connectivity index is 0.920. The van der Waals surface area contributed by atoms with Crippen LogP contribution < -0.4 is 9.80 Å². The van der Waals surface area contributed by atoms with E-state index in [1.54, 1.807) is 4.80 Å². The maximum absolute atomic E-state index is 5.17. The number of para-hydroxylation sites is 2. The summed E-state index contributed by atoms with van der Waals surface area (Å²) in [6, 6.07) is 95.2. The van der Waals surface area contributed by atoms with E-state index in [0.717, 1.165) is 62.0 Å². The van der Waals surface area contributed by atoms with Crippen LogP contribution in [0.5, 0.6) is 0 Å². The molecule has 0 bridgehead atoms. The van der Waals surface area contributed by atoms with Crippen molar-refractivity contribution in [1.29, 1.82) is 0 Å². The van der Waals surface area contributed by atoms with Gasteiger partial charge >= 0.3 is 0 Å². The second kappa shape index (κ2) is 17.6. The van der Waals surface area contributed by atoms with E-state index in [2.05, 4.69) is 290 Å². The molecule has 0 saturated carbocycles. The molecular formula is C75H51N5. The van der Waals surface area contributed by atoms with Gasteiger partial charge in [0.25, 0.3) is 0 Å². The summed E-state index contributed by atoms with van der Waals surface area (Å²) < 4.78 is 0. The molecule has 0 atom stereocenters. The number of allylic oxidation sites excluding steroid dienone is 5. The Morgan fingerprint density at radius 2 is 0.800 bits per heavy atom. The molecule has 4 aliphatic rings. The molecule has 2 spiro atoms. The van der Waals surface area contributed by atoms with Crippen molar-refractivity contribution in [2.45, 2.75) is 17.8 Å². The first-order chi connectivity index (χ1) is 39.6. The summed E-state index contributed by atoms with van der Waals surface area (Å²) in [5.74, 6) is 0. The van der Waals surface area contributed by atoms with E-state index in [1.165, 1.54) is 77.9 Å². The highest BCUT2D eigenvalue weighted by Gasteiger charge is 2.54. The quantitative estimate of drug-likeness (QED) is 0.144. The fraction of sp³-hybridized carbons (Fsp3) is 0.0400. The summed E-state index contributed by atoms with van der Waals surface area (Å²) in [7, 11) is 0. The Morgan fingerprint density at radius 1 is 0.375 bits per heavy atom. The topological polar surface area (TPSA) is 37.2 Å². The largest absolute Gasteiger partial charge is 0.310 e. The SMILES string of the molecule is C=CC1=C(/C=C\C)C2(c3ccccc3-c3ccccc32)c2cccc(N(c3ccc(-n4nc5ccc(N(c6ccccc6)c6ccccc6)cc5n4)cc3)c3cccc4c3-c3ccccc3C43c4ccccc4-c4ccccc43)c21. The number of anilines is 6. The minimum Gasteiger partial charge on any atom is -0.310 e. The highest BCUT2D eigenvalue weighted by Crippen LogP contribution is 2.67. The Hall–Kier alpha value is -10.4. The first-order valence-corrected chi connectivity index (χ1v) is 27.6. The van der Waals surface area contributed by atoms with Gasteiger partial charge in [0.1, 0.15) is 11.0 Å². The number of hydrogen-bond acceptors (Lipinski definition) is 4. The van der Waals surface area contributed by atoms with Gasteiger partial charge < -0.3 is 9.80 Å². The smallest absolute Gasteiger partial charge is 0.115 e. The van der Waals surface area contributed by atoms with Crippen molar-refractivity contribution in [3.05, 3.63) is 336 Å². The summed E-state index contributed by atoms with van der Waals surface area (Å²) in [4.78, 5) is 6.55. The summed E-state index contributed by atoms with van der Waals surface area (Å²) >= 11 is 0. The van der Waals surface area contributed by atoms with E-state index >= 15 is 0 Å². The second-order valence-corrected chi connectivity index (χ2v) is 21.2. The Bertz CT molecular complexity index is 4450. The van der Waals surface area contributed by atoms with Crippen LogP contribution in [0.1, 0.15) is 51.4 Å². The second-order valence-electron chi connectivity index (χ2n) is 21.2. The Labute approximate surface area is 465 Å². The fourth-order valence-electron chi connectivity index (χ4n) is 14.4. The number of hydrogen-bond donors (Lipinski definition) is 0. The lowest BCUT2D eigenvalue weighted by molar-refractivity contribution is 0.765. The third-order valence-electron chi connectivity index (χ3n) is 17.4. The Morgan fingerprint density at radius 3 is 1.34 bits per heavy atom. The monoisotopic (exact) mass is 1020 g/mol. The molecule has 5 heteroatoms. The van der Waals surface area contributed by atoms with Crippen LogP contribution in [0.15, 0.2) is 291 Å². The zero-order chi connectivity index (χ0) is 53.1. The number of aromatic nitrogens is 3. The molecule has 80 heavy (non-hydrogen) atoms. The number of fused-ring (bicyclic) bond motifs is 18. The molecule has 0 saturated heterocycles. The summed E-state index contributed by atoms with van der Waals surface area (Å²) in [6.45, 7) is 6.78. The van der Waals surface area contributed by atoms with Gasteiger partial charge in [0.05, 0.1) is 27.9 Å². The van der Waals surface area contributed by atoms with Gasteiger partial charge in [0, 0.05) is 33.9 Å². The molecule has 0 N–H and O–H groups in total. The van der Waals surface area contributed by atoms with Gasteiger partial charge in [0.15, 0.2) is 0 Å². The normalized spacial score (nSPS) is 14.2. The van der Waals surface area contributed by atoms with Crippen LogP contribution in [0.3, 0.4) is 0 Å². The lowest BCUT2D eigenvalue weighted by Crippen LogP contribution is -2.27. The molecule has 376 valence electrons. The zero-order valence-corrected chi connectivity index (χ0v) is 44.0. The molecule has 12 aromatic rings. The van der Waals surface area contributed by atoms with E-state index in [-0.39, 0.29) is 0 Å². The number of rotatable bonds is 9. The van der Waals surface area contributed by atoms with Crippen molar-refractivity contribution in [3.8, 4) is 39.1 Å². The van der Waals surface area contributed by atoms with Gasteiger partial charge in [-0.1, -0.05) is 207 Å². The fourth-order valence-corrected chi connectivity index (χ4v) is 14.4. The molecule has 0 fully saturated rings. The van der Waals surface area contributed by atoms with Gasteiger partial charge in [0.2, 0.25) is 0 Å². The van der Waals surface area contributed by atoms with E-state index in [9.17, 15) is 0 Å². The predicted octanol–water partition coefficient (Wildman–Crippen LogP) is 18.5. The molecule has 4 aliphatic carbocycles. The average molecular weight is 1020 g/mol. The van der Waals surface area contributed by atoms with Crippen LogP contribution in [0.2, 0.25) is 0 Å². The minimum atomic E-state index is -0.580. The Kier molecular flexibility index (Phi) is 10.1. The maximum atomic E-state index is 5.17. The summed E-state index contributed by atoms with van der Waals surface area (Å²) in [5, 5.41) is 10.3. The van der Waals surface area contributed by atoms with Crippen LogP contribution in [0.25, 0.3) is 55.7 Å². The van der Waals surface area contributed by atoms with Gasteiger partial charge in [-0.3, -0.25) is 0 Å². The molecule has 0 amide bonds. The van der Waals surface area contributed by atoms with Gasteiger partial charge in [-0.25, -0.2) is 0 Å². The van der Waals surface area contributed by atoms with Crippen molar-refractivity contribution in [2.24, 2.45) is 0 Å². The van der Waals surface area contributed by atoms with E-state index in [0.29, 0.717) is 0 Å². The molecule has 1 heterocycles. The molecule has 0 aliphatic heterocycles. The highest BCUT2D eigenvalue weighted by molar-refractivity contribution is 6.06. The first-order valence-electron chi connectivity index (χ1n) is 27.6. The number of nitrogens with zero attached hydrogens (tertiary/aromatic N) is 5. The lowest BCUT2D eigenvalue weighted by Gasteiger charge is -2.34. The van der Waals surface area contributed by atoms with E-state index in [1.807, 2.05) is 12.1 Å². The predicted molar refractivity (Wildman–Crippen MR) is 328 cm³/mol. The summed E-state index contributed by atoms with van der Waals surface area (Å²) in [5.41, 5.74) is 27.7. The van der Waals surface area contributed by atoms with Crippen LogP contribution in [-0.4, -0.2) is 15.0 Å². The first kappa shape index (κ1) is 45.8.